The summed E-state index contributed by atoms with van der Waals surface area (Å²) in [6.45, 7) is 9.52. The van der Waals surface area contributed by atoms with Crippen molar-refractivity contribution in [1.29, 1.82) is 0 Å². The van der Waals surface area contributed by atoms with Crippen molar-refractivity contribution < 1.29 is 13.2 Å². The number of imidazole rings is 1. The summed E-state index contributed by atoms with van der Waals surface area (Å²) >= 11 is 0. The summed E-state index contributed by atoms with van der Waals surface area (Å²) in [5, 5.41) is 0. The van der Waals surface area contributed by atoms with Crippen LogP contribution in [-0.2, 0) is 13.0 Å². The zero-order chi connectivity index (χ0) is 13.9. The lowest BCUT2D eigenvalue weighted by Gasteiger charge is -2.25. The summed E-state index contributed by atoms with van der Waals surface area (Å²) in [5.74, 6) is -0.509. The average Bonchev–Trinajstić information content (AvgIpc) is 2.73. The Morgan fingerprint density at radius 3 is 2.56 bits per heavy atom. The minimum atomic E-state index is -4.11. The highest BCUT2D eigenvalue weighted by Crippen LogP contribution is 2.34. The molecule has 5 heteroatoms. The number of hydrogen-bond acceptors (Lipinski definition) is 1. The van der Waals surface area contributed by atoms with Crippen molar-refractivity contribution in [2.45, 2.75) is 46.3 Å². The third-order valence-electron chi connectivity index (χ3n) is 2.89. The summed E-state index contributed by atoms with van der Waals surface area (Å²) in [5.41, 5.74) is 1.48. The molecular formula is C13H19F3N2. The van der Waals surface area contributed by atoms with Crippen LogP contribution in [0.2, 0.25) is 0 Å². The largest absolute Gasteiger partial charge is 0.393 e. The molecule has 0 spiro atoms. The minimum Gasteiger partial charge on any atom is -0.334 e. The first kappa shape index (κ1) is 14.8. The van der Waals surface area contributed by atoms with Gasteiger partial charge >= 0.3 is 6.18 Å². The number of aryl methyl sites for hydroxylation is 1. The van der Waals surface area contributed by atoms with Crippen molar-refractivity contribution in [3.63, 3.8) is 0 Å². The molecule has 0 amide bonds. The molecule has 1 aliphatic rings. The first-order valence-corrected chi connectivity index (χ1v) is 6.16. The first-order valence-electron chi connectivity index (χ1n) is 6.16. The van der Waals surface area contributed by atoms with Gasteiger partial charge in [0.1, 0.15) is 5.82 Å². The summed E-state index contributed by atoms with van der Waals surface area (Å²) in [6, 6.07) is 0. The SMILES string of the molecule is C=C(C)c1cn2c(n1)CCC(C(F)(F)F)C2.CC. The molecule has 0 radical (unpaired) electrons. The van der Waals surface area contributed by atoms with Gasteiger partial charge in [-0.2, -0.15) is 13.2 Å². The molecule has 2 rings (SSSR count). The molecule has 2 nitrogen and oxygen atoms in total. The van der Waals surface area contributed by atoms with E-state index in [-0.39, 0.29) is 13.0 Å². The maximum Gasteiger partial charge on any atom is 0.393 e. The number of aromatic nitrogens is 2. The van der Waals surface area contributed by atoms with Crippen LogP contribution in [0.15, 0.2) is 12.8 Å². The summed E-state index contributed by atoms with van der Waals surface area (Å²) in [6.07, 6.45) is -1.92. The van der Waals surface area contributed by atoms with Crippen LogP contribution in [0.5, 0.6) is 0 Å². The fourth-order valence-electron chi connectivity index (χ4n) is 1.92. The van der Waals surface area contributed by atoms with Crippen molar-refractivity contribution in [3.8, 4) is 0 Å². The molecule has 1 aromatic rings. The Morgan fingerprint density at radius 2 is 2.06 bits per heavy atom. The molecule has 1 unspecified atom stereocenters. The average molecular weight is 260 g/mol. The van der Waals surface area contributed by atoms with Gasteiger partial charge in [-0.1, -0.05) is 20.4 Å². The van der Waals surface area contributed by atoms with Gasteiger partial charge in [0, 0.05) is 19.2 Å². The van der Waals surface area contributed by atoms with Crippen molar-refractivity contribution in [1.82, 2.24) is 9.55 Å². The third-order valence-corrected chi connectivity index (χ3v) is 2.89. The number of fused-ring (bicyclic) bond motifs is 1. The maximum absolute atomic E-state index is 12.5. The second-order valence-corrected chi connectivity index (χ2v) is 4.25. The fourth-order valence-corrected chi connectivity index (χ4v) is 1.92. The Hall–Kier alpha value is -1.26. The smallest absolute Gasteiger partial charge is 0.334 e. The van der Waals surface area contributed by atoms with Gasteiger partial charge in [0.25, 0.3) is 0 Å². The van der Waals surface area contributed by atoms with Crippen LogP contribution in [0.25, 0.3) is 5.57 Å². The highest BCUT2D eigenvalue weighted by Gasteiger charge is 2.41. The quantitative estimate of drug-likeness (QED) is 0.744. The van der Waals surface area contributed by atoms with E-state index in [1.807, 2.05) is 13.8 Å². The van der Waals surface area contributed by atoms with Gasteiger partial charge < -0.3 is 4.57 Å². The minimum absolute atomic E-state index is 0.0148. The van der Waals surface area contributed by atoms with Crippen LogP contribution in [0, 0.1) is 5.92 Å². The second kappa shape index (κ2) is 5.59. The van der Waals surface area contributed by atoms with Crippen LogP contribution in [0.4, 0.5) is 13.2 Å². The molecule has 0 N–H and O–H groups in total. The lowest BCUT2D eigenvalue weighted by Crippen LogP contribution is -2.31. The number of nitrogens with zero attached hydrogens (tertiary/aromatic N) is 2. The second-order valence-electron chi connectivity index (χ2n) is 4.25. The van der Waals surface area contributed by atoms with Crippen LogP contribution in [0.1, 0.15) is 38.7 Å². The molecule has 1 aliphatic heterocycles. The van der Waals surface area contributed by atoms with E-state index >= 15 is 0 Å². The summed E-state index contributed by atoms with van der Waals surface area (Å²) in [4.78, 5) is 4.26. The molecule has 0 saturated carbocycles. The Kier molecular flexibility index (Phi) is 4.59. The maximum atomic E-state index is 12.5. The van der Waals surface area contributed by atoms with Gasteiger partial charge in [-0.25, -0.2) is 4.98 Å². The Morgan fingerprint density at radius 1 is 1.44 bits per heavy atom. The molecular weight excluding hydrogens is 241 g/mol. The molecule has 0 aliphatic carbocycles. The zero-order valence-corrected chi connectivity index (χ0v) is 11.0. The van der Waals surface area contributed by atoms with Gasteiger partial charge in [0.05, 0.1) is 11.6 Å². The topological polar surface area (TPSA) is 17.8 Å². The number of alkyl halides is 3. The van der Waals surface area contributed by atoms with Crippen LogP contribution in [0.3, 0.4) is 0 Å². The third kappa shape index (κ3) is 3.15. The van der Waals surface area contributed by atoms with Crippen LogP contribution in [-0.4, -0.2) is 15.7 Å². The van der Waals surface area contributed by atoms with E-state index in [2.05, 4.69) is 11.6 Å². The van der Waals surface area contributed by atoms with Gasteiger partial charge in [-0.3, -0.25) is 0 Å². The van der Waals surface area contributed by atoms with E-state index in [9.17, 15) is 13.2 Å². The van der Waals surface area contributed by atoms with Crippen molar-refractivity contribution in [2.24, 2.45) is 5.92 Å². The van der Waals surface area contributed by atoms with Crippen molar-refractivity contribution in [2.75, 3.05) is 0 Å². The number of allylic oxidation sites excluding steroid dienone is 1. The van der Waals surface area contributed by atoms with Crippen molar-refractivity contribution in [3.05, 3.63) is 24.3 Å². The van der Waals surface area contributed by atoms with Gasteiger partial charge in [0.2, 0.25) is 0 Å². The molecule has 18 heavy (non-hydrogen) atoms. The lowest BCUT2D eigenvalue weighted by molar-refractivity contribution is -0.182. The van der Waals surface area contributed by atoms with Gasteiger partial charge in [-0.05, 0) is 18.9 Å². The Bertz CT molecular complexity index is 418. The monoisotopic (exact) mass is 260 g/mol. The number of halogens is 3. The molecule has 0 bridgehead atoms. The van der Waals surface area contributed by atoms with E-state index in [4.69, 9.17) is 0 Å². The standard InChI is InChI=1S/C11H13F3N2.C2H6/c1-7(2)9-6-16-5-8(11(12,13)14)3-4-10(16)15-9;1-2/h6,8H,1,3-5H2,2H3;1-2H3. The van der Waals surface area contributed by atoms with Crippen molar-refractivity contribution >= 4 is 5.57 Å². The van der Waals surface area contributed by atoms with Crippen LogP contribution < -0.4 is 0 Å². The molecule has 1 atom stereocenters. The molecule has 1 aromatic heterocycles. The highest BCUT2D eigenvalue weighted by atomic mass is 19.4. The highest BCUT2D eigenvalue weighted by molar-refractivity contribution is 5.57. The van der Waals surface area contributed by atoms with E-state index in [0.717, 1.165) is 11.4 Å². The normalized spacial score (nSPS) is 18.7. The molecule has 2 heterocycles. The first-order chi connectivity index (χ1) is 8.38. The van der Waals surface area contributed by atoms with E-state index in [1.165, 1.54) is 0 Å². The predicted molar refractivity (Wildman–Crippen MR) is 66.1 cm³/mol. The lowest BCUT2D eigenvalue weighted by atomic mass is 9.99. The fraction of sp³-hybridized carbons (Fsp3) is 0.615. The molecule has 0 saturated heterocycles. The van der Waals surface area contributed by atoms with E-state index < -0.39 is 12.1 Å². The zero-order valence-electron chi connectivity index (χ0n) is 11.0. The van der Waals surface area contributed by atoms with Crippen LogP contribution >= 0.6 is 0 Å². The number of hydrogen-bond donors (Lipinski definition) is 0. The Labute approximate surface area is 106 Å². The molecule has 0 fully saturated rings. The van der Waals surface area contributed by atoms with Gasteiger partial charge in [-0.15, -0.1) is 0 Å². The predicted octanol–water partition coefficient (Wildman–Crippen LogP) is 4.07. The van der Waals surface area contributed by atoms with Gasteiger partial charge in [0.15, 0.2) is 0 Å². The molecule has 102 valence electrons. The Balaban J connectivity index is 0.000000771. The van der Waals surface area contributed by atoms with E-state index in [0.29, 0.717) is 12.1 Å². The number of rotatable bonds is 1. The molecule has 0 aromatic carbocycles. The summed E-state index contributed by atoms with van der Waals surface area (Å²) in [7, 11) is 0. The van der Waals surface area contributed by atoms with E-state index in [1.54, 1.807) is 17.7 Å². The summed E-state index contributed by atoms with van der Waals surface area (Å²) < 4.78 is 39.3.